The molecule has 19 heavy (non-hydrogen) atoms. The van der Waals surface area contributed by atoms with E-state index in [4.69, 9.17) is 0 Å². The number of rotatable bonds is 4. The second kappa shape index (κ2) is 5.83. The first-order valence-corrected chi connectivity index (χ1v) is 8.07. The Morgan fingerprint density at radius 3 is 2.68 bits per heavy atom. The van der Waals surface area contributed by atoms with E-state index in [1.807, 2.05) is 4.90 Å². The van der Waals surface area contributed by atoms with Gasteiger partial charge in [-0.2, -0.15) is 0 Å². The van der Waals surface area contributed by atoms with Crippen molar-refractivity contribution in [2.45, 2.75) is 38.0 Å². The highest BCUT2D eigenvalue weighted by Crippen LogP contribution is 2.16. The summed E-state index contributed by atoms with van der Waals surface area (Å²) >= 11 is 0. The molecule has 0 aliphatic carbocycles. The molecule has 2 heterocycles. The Bertz CT molecular complexity index is 504. The Labute approximate surface area is 114 Å². The van der Waals surface area contributed by atoms with E-state index in [0.29, 0.717) is 12.5 Å². The molecule has 106 valence electrons. The fourth-order valence-corrected chi connectivity index (χ4v) is 3.01. The van der Waals surface area contributed by atoms with Crippen LogP contribution >= 0.6 is 0 Å². The molecule has 1 aromatic heterocycles. The van der Waals surface area contributed by atoms with Gasteiger partial charge in [-0.25, -0.2) is 23.1 Å². The number of hydrogen-bond donors (Lipinski definition) is 1. The van der Waals surface area contributed by atoms with E-state index in [1.54, 1.807) is 32.3 Å². The lowest BCUT2D eigenvalue weighted by Gasteiger charge is -2.33. The van der Waals surface area contributed by atoms with E-state index in [1.165, 1.54) is 0 Å². The van der Waals surface area contributed by atoms with Crippen molar-refractivity contribution >= 4 is 16.0 Å². The van der Waals surface area contributed by atoms with Crippen LogP contribution in [0.3, 0.4) is 0 Å². The van der Waals surface area contributed by atoms with Crippen molar-refractivity contribution in [3.63, 3.8) is 0 Å². The molecule has 0 radical (unpaired) electrons. The average Bonchev–Trinajstić information content (AvgIpc) is 2.39. The lowest BCUT2D eigenvalue weighted by atomic mass is 10.1. The van der Waals surface area contributed by atoms with Crippen LogP contribution < -0.4 is 9.62 Å². The third kappa shape index (κ3) is 3.63. The number of nitrogens with zero attached hydrogens (tertiary/aromatic N) is 3. The molecule has 1 fully saturated rings. The van der Waals surface area contributed by atoms with Crippen molar-refractivity contribution in [3.8, 4) is 0 Å². The minimum atomic E-state index is -3.22. The highest BCUT2D eigenvalue weighted by atomic mass is 32.2. The average molecular weight is 284 g/mol. The summed E-state index contributed by atoms with van der Waals surface area (Å²) in [5.74, 6) is 0.663. The summed E-state index contributed by atoms with van der Waals surface area (Å²) in [4.78, 5) is 10.4. The Kier molecular flexibility index (Phi) is 4.36. The summed E-state index contributed by atoms with van der Waals surface area (Å²) in [7, 11) is -3.22. The minimum Gasteiger partial charge on any atom is -0.339 e. The van der Waals surface area contributed by atoms with Crippen LogP contribution in [0.4, 0.5) is 5.95 Å². The summed E-state index contributed by atoms with van der Waals surface area (Å²) in [5.41, 5.74) is 0. The van der Waals surface area contributed by atoms with E-state index in [9.17, 15) is 8.42 Å². The summed E-state index contributed by atoms with van der Waals surface area (Å²) in [5, 5.41) is -0.407. The topological polar surface area (TPSA) is 75.2 Å². The molecule has 0 saturated carbocycles. The molecule has 1 saturated heterocycles. The number of anilines is 1. The SMILES string of the molecule is CC(C)S(=O)(=O)NC1CCCN(c2ncccn2)C1. The van der Waals surface area contributed by atoms with Gasteiger partial charge in [0.1, 0.15) is 0 Å². The van der Waals surface area contributed by atoms with Crippen LogP contribution in [-0.4, -0.2) is 42.8 Å². The molecule has 1 atom stereocenters. The smallest absolute Gasteiger partial charge is 0.225 e. The molecule has 7 heteroatoms. The minimum absolute atomic E-state index is 0.0649. The quantitative estimate of drug-likeness (QED) is 0.884. The zero-order valence-corrected chi connectivity index (χ0v) is 12.1. The number of aromatic nitrogens is 2. The van der Waals surface area contributed by atoms with Crippen molar-refractivity contribution in [3.05, 3.63) is 18.5 Å². The van der Waals surface area contributed by atoms with Crippen LogP contribution in [0.5, 0.6) is 0 Å². The summed E-state index contributed by atoms with van der Waals surface area (Å²) in [6.07, 6.45) is 5.19. The molecular formula is C12H20N4O2S. The fraction of sp³-hybridized carbons (Fsp3) is 0.667. The van der Waals surface area contributed by atoms with Crippen LogP contribution in [0, 0.1) is 0 Å². The standard InChI is InChI=1S/C12H20N4O2S/c1-10(2)19(17,18)15-11-5-3-8-16(9-11)12-13-6-4-7-14-12/h4,6-7,10-11,15H,3,5,8-9H2,1-2H3. The molecule has 2 rings (SSSR count). The van der Waals surface area contributed by atoms with E-state index < -0.39 is 15.3 Å². The van der Waals surface area contributed by atoms with E-state index in [-0.39, 0.29) is 6.04 Å². The summed E-state index contributed by atoms with van der Waals surface area (Å²) in [6.45, 7) is 4.85. The van der Waals surface area contributed by atoms with Gasteiger partial charge in [0, 0.05) is 31.5 Å². The molecular weight excluding hydrogens is 264 g/mol. The Morgan fingerprint density at radius 2 is 2.05 bits per heavy atom. The van der Waals surface area contributed by atoms with Gasteiger partial charge in [-0.3, -0.25) is 0 Å². The second-order valence-electron chi connectivity index (χ2n) is 5.05. The van der Waals surface area contributed by atoms with Crippen molar-refractivity contribution in [1.29, 1.82) is 0 Å². The van der Waals surface area contributed by atoms with Gasteiger partial charge in [0.15, 0.2) is 0 Å². The maximum atomic E-state index is 11.9. The van der Waals surface area contributed by atoms with E-state index in [2.05, 4.69) is 14.7 Å². The fourth-order valence-electron chi connectivity index (χ4n) is 2.08. The van der Waals surface area contributed by atoms with Crippen molar-refractivity contribution < 1.29 is 8.42 Å². The van der Waals surface area contributed by atoms with Gasteiger partial charge in [0.25, 0.3) is 0 Å². The van der Waals surface area contributed by atoms with Crippen molar-refractivity contribution in [1.82, 2.24) is 14.7 Å². The Hall–Kier alpha value is -1.21. The molecule has 1 unspecified atom stereocenters. The van der Waals surface area contributed by atoms with Gasteiger partial charge < -0.3 is 4.90 Å². The lowest BCUT2D eigenvalue weighted by Crippen LogP contribution is -2.49. The third-order valence-electron chi connectivity index (χ3n) is 3.21. The number of hydrogen-bond acceptors (Lipinski definition) is 5. The molecule has 0 amide bonds. The van der Waals surface area contributed by atoms with Gasteiger partial charge in [-0.15, -0.1) is 0 Å². The van der Waals surface area contributed by atoms with Gasteiger partial charge in [-0.05, 0) is 32.8 Å². The molecule has 1 aromatic rings. The predicted octanol–water partition coefficient (Wildman–Crippen LogP) is 0.773. The van der Waals surface area contributed by atoms with Crippen LogP contribution in [0.1, 0.15) is 26.7 Å². The second-order valence-corrected chi connectivity index (χ2v) is 7.31. The Balaban J connectivity index is 2.02. The number of sulfonamides is 1. The highest BCUT2D eigenvalue weighted by Gasteiger charge is 2.26. The first kappa shape index (κ1) is 14.2. The first-order chi connectivity index (χ1) is 8.99. The number of piperidine rings is 1. The van der Waals surface area contributed by atoms with Crippen LogP contribution in [0.15, 0.2) is 18.5 Å². The molecule has 0 aromatic carbocycles. The van der Waals surface area contributed by atoms with Crippen LogP contribution in [0.25, 0.3) is 0 Å². The van der Waals surface area contributed by atoms with E-state index in [0.717, 1.165) is 19.4 Å². The predicted molar refractivity (Wildman–Crippen MR) is 74.5 cm³/mol. The van der Waals surface area contributed by atoms with Gasteiger partial charge in [0.05, 0.1) is 5.25 Å². The largest absolute Gasteiger partial charge is 0.339 e. The third-order valence-corrected chi connectivity index (χ3v) is 5.11. The maximum Gasteiger partial charge on any atom is 0.225 e. The zero-order valence-electron chi connectivity index (χ0n) is 11.3. The summed E-state index contributed by atoms with van der Waals surface area (Å²) in [6, 6.07) is 1.71. The zero-order chi connectivity index (χ0) is 13.9. The van der Waals surface area contributed by atoms with Crippen LogP contribution in [0.2, 0.25) is 0 Å². The number of nitrogens with one attached hydrogen (secondary N) is 1. The van der Waals surface area contributed by atoms with Crippen molar-refractivity contribution in [2.24, 2.45) is 0 Å². The van der Waals surface area contributed by atoms with Crippen LogP contribution in [-0.2, 0) is 10.0 Å². The highest BCUT2D eigenvalue weighted by molar-refractivity contribution is 7.90. The maximum absolute atomic E-state index is 11.9. The van der Waals surface area contributed by atoms with Gasteiger partial charge in [-0.1, -0.05) is 0 Å². The van der Waals surface area contributed by atoms with E-state index >= 15 is 0 Å². The van der Waals surface area contributed by atoms with Gasteiger partial charge in [0.2, 0.25) is 16.0 Å². The molecule has 6 nitrogen and oxygen atoms in total. The molecule has 1 N–H and O–H groups in total. The van der Waals surface area contributed by atoms with Gasteiger partial charge >= 0.3 is 0 Å². The lowest BCUT2D eigenvalue weighted by molar-refractivity contribution is 0.459. The normalized spacial score (nSPS) is 20.8. The molecule has 1 aliphatic rings. The molecule has 0 bridgehead atoms. The monoisotopic (exact) mass is 284 g/mol. The Morgan fingerprint density at radius 1 is 1.37 bits per heavy atom. The molecule has 0 spiro atoms. The summed E-state index contributed by atoms with van der Waals surface area (Å²) < 4.78 is 26.5. The first-order valence-electron chi connectivity index (χ1n) is 6.52. The van der Waals surface area contributed by atoms with Crippen molar-refractivity contribution in [2.75, 3.05) is 18.0 Å². The molecule has 1 aliphatic heterocycles.